The van der Waals surface area contributed by atoms with E-state index in [1.165, 1.54) is 6.92 Å². The lowest BCUT2D eigenvalue weighted by Gasteiger charge is -2.45. The number of carbonyl (C=O) groups excluding carboxylic acids is 2. The van der Waals surface area contributed by atoms with Gasteiger partial charge >= 0.3 is 24.0 Å². The van der Waals surface area contributed by atoms with Crippen molar-refractivity contribution in [1.29, 1.82) is 0 Å². The van der Waals surface area contributed by atoms with Gasteiger partial charge in [-0.1, -0.05) is 6.58 Å². The van der Waals surface area contributed by atoms with Crippen LogP contribution in [0, 0.1) is 0 Å². The summed E-state index contributed by atoms with van der Waals surface area (Å²) < 4.78 is 76.3. The number of ether oxygens (including phenoxy) is 2. The van der Waals surface area contributed by atoms with E-state index >= 15 is 0 Å². The average Bonchev–Trinajstić information content (AvgIpc) is 2.85. The minimum absolute atomic E-state index is 0.132. The van der Waals surface area contributed by atoms with Gasteiger partial charge in [0.15, 0.2) is 5.60 Å². The summed E-state index contributed by atoms with van der Waals surface area (Å²) in [4.78, 5) is 23.2. The Morgan fingerprint density at radius 2 is 1.50 bits per heavy atom. The molecule has 9 heteroatoms. The number of esters is 2. The third kappa shape index (κ3) is 3.70. The van der Waals surface area contributed by atoms with E-state index < -0.39 is 35.2 Å². The van der Waals surface area contributed by atoms with Gasteiger partial charge in [0, 0.05) is 12.5 Å². The molecule has 138 valence electrons. The molecule has 24 heavy (non-hydrogen) atoms. The van der Waals surface area contributed by atoms with Crippen molar-refractivity contribution in [2.45, 2.75) is 69.8 Å². The normalized spacial score (nSPS) is 20.2. The molecule has 4 nitrogen and oxygen atoms in total. The Morgan fingerprint density at radius 1 is 1.04 bits per heavy atom. The van der Waals surface area contributed by atoms with E-state index in [1.807, 2.05) is 0 Å². The lowest BCUT2D eigenvalue weighted by molar-refractivity contribution is -0.321. The molecule has 0 aromatic carbocycles. The van der Waals surface area contributed by atoms with E-state index in [9.17, 15) is 31.5 Å². The second-order valence-electron chi connectivity index (χ2n) is 6.18. The average molecular weight is 358 g/mol. The smallest absolute Gasteiger partial charge is 0.432 e. The fourth-order valence-electron chi connectivity index (χ4n) is 2.57. The monoisotopic (exact) mass is 358 g/mol. The molecule has 0 saturated heterocycles. The van der Waals surface area contributed by atoms with Gasteiger partial charge in [-0.05, 0) is 39.5 Å². The van der Waals surface area contributed by atoms with Gasteiger partial charge in [0.2, 0.25) is 5.60 Å². The van der Waals surface area contributed by atoms with Crippen molar-refractivity contribution < 1.29 is 41.0 Å². The number of hydrogen-bond donors (Lipinski definition) is 0. The number of halogens is 5. The topological polar surface area (TPSA) is 52.6 Å². The largest absolute Gasteiger partial charge is 0.451 e. The van der Waals surface area contributed by atoms with E-state index in [4.69, 9.17) is 4.74 Å². The van der Waals surface area contributed by atoms with Gasteiger partial charge in [-0.15, -0.1) is 0 Å². The van der Waals surface area contributed by atoms with E-state index in [0.29, 0.717) is 6.92 Å². The van der Waals surface area contributed by atoms with Crippen molar-refractivity contribution in [3.05, 3.63) is 12.2 Å². The zero-order chi connectivity index (χ0) is 19.0. The highest BCUT2D eigenvalue weighted by Crippen LogP contribution is 2.52. The molecule has 1 unspecified atom stereocenters. The molecule has 1 aliphatic carbocycles. The Bertz CT molecular complexity index is 529. The minimum Gasteiger partial charge on any atom is -0.451 e. The van der Waals surface area contributed by atoms with Crippen molar-refractivity contribution in [2.75, 3.05) is 0 Å². The van der Waals surface area contributed by atoms with Crippen molar-refractivity contribution in [3.8, 4) is 0 Å². The summed E-state index contributed by atoms with van der Waals surface area (Å²) in [6.45, 7) is 5.11. The molecule has 1 fully saturated rings. The van der Waals surface area contributed by atoms with Gasteiger partial charge in [-0.3, -0.25) is 0 Å². The quantitative estimate of drug-likeness (QED) is 0.424. The highest BCUT2D eigenvalue weighted by atomic mass is 19.4. The maximum atomic E-state index is 13.7. The Hall–Kier alpha value is -1.67. The maximum Gasteiger partial charge on any atom is 0.432 e. The van der Waals surface area contributed by atoms with Crippen LogP contribution in [0.15, 0.2) is 12.2 Å². The van der Waals surface area contributed by atoms with Crippen LogP contribution in [0.3, 0.4) is 0 Å². The van der Waals surface area contributed by atoms with Gasteiger partial charge in [0.05, 0.1) is 0 Å². The second kappa shape index (κ2) is 6.33. The predicted octanol–water partition coefficient (Wildman–Crippen LogP) is 3.94. The zero-order valence-electron chi connectivity index (χ0n) is 13.6. The van der Waals surface area contributed by atoms with Crippen molar-refractivity contribution in [1.82, 2.24) is 0 Å². The maximum absolute atomic E-state index is 13.7. The first kappa shape index (κ1) is 20.4. The molecule has 1 rings (SSSR count). The van der Waals surface area contributed by atoms with E-state index in [1.54, 1.807) is 0 Å². The van der Waals surface area contributed by atoms with Crippen LogP contribution in [0.4, 0.5) is 22.0 Å². The van der Waals surface area contributed by atoms with Crippen LogP contribution >= 0.6 is 0 Å². The SMILES string of the molecule is C=C(C)C(=O)OC1(C(C)(OC(=O)C(C)(F)F)C(F)(F)F)CCCC1. The van der Waals surface area contributed by atoms with Gasteiger partial charge in [0.25, 0.3) is 0 Å². The molecule has 0 radical (unpaired) electrons. The lowest BCUT2D eigenvalue weighted by Crippen LogP contribution is -2.64. The number of carbonyl (C=O) groups is 2. The van der Waals surface area contributed by atoms with Crippen molar-refractivity contribution in [3.63, 3.8) is 0 Å². The summed E-state index contributed by atoms with van der Waals surface area (Å²) in [5, 5.41) is 0. The first-order valence-electron chi connectivity index (χ1n) is 7.23. The van der Waals surface area contributed by atoms with Gasteiger partial charge in [0.1, 0.15) is 0 Å². The molecule has 0 heterocycles. The predicted molar refractivity (Wildman–Crippen MR) is 73.3 cm³/mol. The molecule has 1 aliphatic rings. The molecule has 0 aromatic heterocycles. The highest BCUT2D eigenvalue weighted by Gasteiger charge is 2.70. The summed E-state index contributed by atoms with van der Waals surface area (Å²) in [7, 11) is 0. The van der Waals surface area contributed by atoms with Crippen LogP contribution < -0.4 is 0 Å². The fourth-order valence-corrected chi connectivity index (χ4v) is 2.57. The summed E-state index contributed by atoms with van der Waals surface area (Å²) in [5.41, 5.74) is -5.83. The highest BCUT2D eigenvalue weighted by molar-refractivity contribution is 5.87. The molecule has 0 spiro atoms. The Balaban J connectivity index is 3.36. The molecular weight excluding hydrogens is 339 g/mol. The second-order valence-corrected chi connectivity index (χ2v) is 6.18. The molecule has 0 aliphatic heterocycles. The number of hydrogen-bond acceptors (Lipinski definition) is 4. The Kier molecular flexibility index (Phi) is 5.37. The molecule has 1 saturated carbocycles. The standard InChI is InChI=1S/C15H19F5O4/c1-9(2)10(21)23-14(7-5-6-8-14)13(4,15(18,19)20)24-11(22)12(3,16)17/h1,5-8H2,2-4H3. The van der Waals surface area contributed by atoms with Crippen LogP contribution in [0.5, 0.6) is 0 Å². The van der Waals surface area contributed by atoms with Crippen LogP contribution in [0.2, 0.25) is 0 Å². The molecule has 0 amide bonds. The molecule has 0 aromatic rings. The third-order valence-electron chi connectivity index (χ3n) is 4.11. The summed E-state index contributed by atoms with van der Waals surface area (Å²) in [6, 6.07) is 0. The van der Waals surface area contributed by atoms with E-state index in [-0.39, 0.29) is 38.2 Å². The van der Waals surface area contributed by atoms with Crippen LogP contribution in [0.25, 0.3) is 0 Å². The van der Waals surface area contributed by atoms with Crippen LogP contribution in [-0.4, -0.2) is 35.2 Å². The fraction of sp³-hybridized carbons (Fsp3) is 0.733. The summed E-state index contributed by atoms with van der Waals surface area (Å²) in [6.07, 6.45) is -5.26. The summed E-state index contributed by atoms with van der Waals surface area (Å²) >= 11 is 0. The van der Waals surface area contributed by atoms with Crippen LogP contribution in [0.1, 0.15) is 46.5 Å². The van der Waals surface area contributed by atoms with Gasteiger partial charge < -0.3 is 9.47 Å². The molecule has 1 atom stereocenters. The number of rotatable bonds is 5. The first-order valence-corrected chi connectivity index (χ1v) is 7.23. The van der Waals surface area contributed by atoms with Crippen LogP contribution in [-0.2, 0) is 19.1 Å². The van der Waals surface area contributed by atoms with E-state index in [0.717, 1.165) is 0 Å². The van der Waals surface area contributed by atoms with E-state index in [2.05, 4.69) is 11.3 Å². The van der Waals surface area contributed by atoms with Crippen molar-refractivity contribution >= 4 is 11.9 Å². The molecular formula is C15H19F5O4. The Morgan fingerprint density at radius 3 is 1.83 bits per heavy atom. The molecule has 0 bridgehead atoms. The molecule has 0 N–H and O–H groups in total. The van der Waals surface area contributed by atoms with Crippen molar-refractivity contribution in [2.24, 2.45) is 0 Å². The zero-order valence-corrected chi connectivity index (χ0v) is 13.6. The summed E-state index contributed by atoms with van der Waals surface area (Å²) in [5.74, 6) is -7.56. The minimum atomic E-state index is -5.23. The Labute approximate surface area is 136 Å². The first-order chi connectivity index (χ1) is 10.7. The van der Waals surface area contributed by atoms with Gasteiger partial charge in [-0.25, -0.2) is 9.59 Å². The lowest BCUT2D eigenvalue weighted by atomic mass is 9.81. The van der Waals surface area contributed by atoms with Gasteiger partial charge in [-0.2, -0.15) is 22.0 Å². The third-order valence-corrected chi connectivity index (χ3v) is 4.11. The number of alkyl halides is 5.